The maximum Gasteiger partial charge on any atom is 0.243 e. The Balaban J connectivity index is 1.37. The van der Waals surface area contributed by atoms with Crippen LogP contribution in [-0.2, 0) is 16.6 Å². The highest BCUT2D eigenvalue weighted by Gasteiger charge is 2.29. The highest BCUT2D eigenvalue weighted by atomic mass is 32.2. The van der Waals surface area contributed by atoms with Gasteiger partial charge in [-0.15, -0.1) is 0 Å². The Morgan fingerprint density at radius 2 is 1.53 bits per heavy atom. The van der Waals surface area contributed by atoms with E-state index in [1.165, 1.54) is 0 Å². The first kappa shape index (κ1) is 22.4. The van der Waals surface area contributed by atoms with Crippen molar-refractivity contribution < 1.29 is 18.3 Å². The second-order valence-electron chi connectivity index (χ2n) is 8.02. The molecule has 6 nitrogen and oxygen atoms in total. The molecule has 166 valence electrons. The van der Waals surface area contributed by atoms with Crippen LogP contribution in [0.4, 0.5) is 5.69 Å². The summed E-state index contributed by atoms with van der Waals surface area (Å²) >= 11 is 0. The zero-order valence-corrected chi connectivity index (χ0v) is 18.9. The van der Waals surface area contributed by atoms with Crippen LogP contribution in [0.2, 0.25) is 0 Å². The van der Waals surface area contributed by atoms with Gasteiger partial charge in [-0.05, 0) is 55.3 Å². The monoisotopic (exact) mass is 450 g/mol. The quantitative estimate of drug-likeness (QED) is 0.541. The molecule has 1 heterocycles. The summed E-state index contributed by atoms with van der Waals surface area (Å²) in [6.45, 7) is 0.867. The van der Waals surface area contributed by atoms with Crippen molar-refractivity contribution in [1.82, 2.24) is 4.31 Å². The molecule has 3 aromatic carbocycles. The summed E-state index contributed by atoms with van der Waals surface area (Å²) < 4.78 is 33.5. The van der Waals surface area contributed by atoms with Crippen LogP contribution in [0.5, 0.6) is 11.5 Å². The maximum absolute atomic E-state index is 13.1. The molecule has 0 atom stereocenters. The molecule has 0 saturated carbocycles. The molecule has 32 heavy (non-hydrogen) atoms. The number of para-hydroxylation sites is 1. The van der Waals surface area contributed by atoms with Gasteiger partial charge in [-0.1, -0.05) is 35.8 Å². The summed E-state index contributed by atoms with van der Waals surface area (Å²) in [7, 11) is -1.55. The summed E-state index contributed by atoms with van der Waals surface area (Å²) in [6, 6.07) is 22.1. The van der Waals surface area contributed by atoms with Crippen LogP contribution in [0.1, 0.15) is 18.4 Å². The number of piperidine rings is 1. The van der Waals surface area contributed by atoms with E-state index in [1.54, 1.807) is 28.6 Å². The van der Waals surface area contributed by atoms with Crippen LogP contribution in [0.3, 0.4) is 0 Å². The van der Waals surface area contributed by atoms with E-state index in [-0.39, 0.29) is 17.5 Å². The first-order valence-corrected chi connectivity index (χ1v) is 12.2. The van der Waals surface area contributed by atoms with E-state index in [4.69, 9.17) is 4.74 Å². The van der Waals surface area contributed by atoms with Gasteiger partial charge in [0.2, 0.25) is 10.0 Å². The van der Waals surface area contributed by atoms with Gasteiger partial charge in [0.25, 0.3) is 0 Å². The lowest BCUT2D eigenvalue weighted by Crippen LogP contribution is -2.42. The first-order valence-electron chi connectivity index (χ1n) is 10.8. The van der Waals surface area contributed by atoms with Gasteiger partial charge in [0.1, 0.15) is 19.3 Å². The number of sulfonamides is 1. The Bertz CT molecular complexity index is 1140. The van der Waals surface area contributed by atoms with Crippen molar-refractivity contribution >= 4 is 29.0 Å². The zero-order valence-electron chi connectivity index (χ0n) is 18.1. The van der Waals surface area contributed by atoms with E-state index >= 15 is 0 Å². The molecule has 0 aromatic heterocycles. The summed E-state index contributed by atoms with van der Waals surface area (Å²) in [6.07, 6.45) is 1.40. The Morgan fingerprint density at radius 3 is 2.16 bits per heavy atom. The third kappa shape index (κ3) is 5.15. The van der Waals surface area contributed by atoms with Crippen molar-refractivity contribution in [2.75, 3.05) is 18.4 Å². The van der Waals surface area contributed by atoms with Crippen molar-refractivity contribution in [1.29, 1.82) is 0 Å². The van der Waals surface area contributed by atoms with Crippen LogP contribution in [0.15, 0.2) is 77.7 Å². The Labute approximate surface area is 190 Å². The predicted molar refractivity (Wildman–Crippen MR) is 129 cm³/mol. The largest absolute Gasteiger partial charge is 0.457 e. The van der Waals surface area contributed by atoms with Gasteiger partial charge in [0, 0.05) is 30.4 Å². The number of benzene rings is 3. The summed E-state index contributed by atoms with van der Waals surface area (Å²) in [5.74, 6) is 1.31. The molecule has 4 rings (SSSR count). The Kier molecular flexibility index (Phi) is 6.84. The van der Waals surface area contributed by atoms with Gasteiger partial charge in [-0.3, -0.25) is 0 Å². The van der Waals surface area contributed by atoms with E-state index < -0.39 is 10.0 Å². The number of anilines is 1. The molecule has 0 radical (unpaired) electrons. The molecule has 0 aliphatic carbocycles. The maximum atomic E-state index is 13.1. The minimum absolute atomic E-state index is 0.0278. The number of ether oxygens (including phenoxy) is 1. The molecule has 8 heteroatoms. The molecular weight excluding hydrogens is 423 g/mol. The van der Waals surface area contributed by atoms with Crippen molar-refractivity contribution in [2.24, 2.45) is 0 Å². The van der Waals surface area contributed by atoms with E-state index in [9.17, 15) is 13.5 Å². The number of hydrogen-bond donors (Lipinski definition) is 2. The van der Waals surface area contributed by atoms with E-state index in [2.05, 4.69) is 5.32 Å². The fraction of sp³-hybridized carbons (Fsp3) is 0.250. The molecule has 2 N–H and O–H groups in total. The minimum atomic E-state index is -3.56. The molecular formula is C24H27BN2O4S. The van der Waals surface area contributed by atoms with Crippen molar-refractivity contribution in [3.8, 4) is 11.5 Å². The molecule has 0 unspecified atom stereocenters. The van der Waals surface area contributed by atoms with E-state index in [1.807, 2.05) is 56.4 Å². The Morgan fingerprint density at radius 1 is 0.938 bits per heavy atom. The van der Waals surface area contributed by atoms with Crippen molar-refractivity contribution in [2.45, 2.75) is 30.4 Å². The fourth-order valence-corrected chi connectivity index (χ4v) is 5.30. The van der Waals surface area contributed by atoms with Gasteiger partial charge in [-0.2, -0.15) is 4.31 Å². The topological polar surface area (TPSA) is 78.9 Å². The average Bonchev–Trinajstić information content (AvgIpc) is 2.82. The van der Waals surface area contributed by atoms with Crippen LogP contribution in [0.25, 0.3) is 0 Å². The second kappa shape index (κ2) is 9.77. The number of hydrogen-bond acceptors (Lipinski definition) is 5. The third-order valence-corrected chi connectivity index (χ3v) is 7.63. The number of rotatable bonds is 7. The summed E-state index contributed by atoms with van der Waals surface area (Å²) in [5, 5.41) is 12.9. The molecule has 1 saturated heterocycles. The summed E-state index contributed by atoms with van der Waals surface area (Å²) in [4.78, 5) is 0.269. The van der Waals surface area contributed by atoms with Gasteiger partial charge < -0.3 is 15.2 Å². The second-order valence-corrected chi connectivity index (χ2v) is 9.96. The number of nitrogens with one attached hydrogen (secondary N) is 1. The smallest absolute Gasteiger partial charge is 0.243 e. The van der Waals surface area contributed by atoms with Gasteiger partial charge in [-0.25, -0.2) is 8.42 Å². The van der Waals surface area contributed by atoms with Crippen molar-refractivity contribution in [3.05, 3.63) is 78.4 Å². The summed E-state index contributed by atoms with van der Waals surface area (Å²) in [5.41, 5.74) is 2.89. The molecule has 0 spiro atoms. The molecule has 0 amide bonds. The Hall–Kier alpha value is -2.81. The van der Waals surface area contributed by atoms with E-state index in [0.717, 1.165) is 16.7 Å². The molecule has 3 aromatic rings. The standard InChI is InChI=1S/C24H27BN2O4S/c25-19-5-7-21(8-6-19)31-22-9-11-23(12-10-22)32(29,30)27-15-13-20(14-16-27)26-24-4-2-1-3-18(24)17-28/h1-12,20,26,28H,13-17,25H2. The van der Waals surface area contributed by atoms with Gasteiger partial charge in [0.05, 0.1) is 11.5 Å². The zero-order chi connectivity index (χ0) is 22.6. The molecule has 1 aliphatic rings. The highest BCUT2D eigenvalue weighted by molar-refractivity contribution is 7.89. The SMILES string of the molecule is Bc1ccc(Oc2ccc(S(=O)(=O)N3CCC(Nc4ccccc4CO)CC3)cc2)cc1. The lowest BCUT2D eigenvalue weighted by molar-refractivity contribution is 0.282. The van der Waals surface area contributed by atoms with E-state index in [0.29, 0.717) is 37.4 Å². The van der Waals surface area contributed by atoms with Crippen LogP contribution in [-0.4, -0.2) is 44.8 Å². The normalized spacial score (nSPS) is 15.4. The number of nitrogens with zero attached hydrogens (tertiary/aromatic N) is 1. The fourth-order valence-electron chi connectivity index (χ4n) is 3.83. The lowest BCUT2D eigenvalue weighted by atomic mass is 9.97. The average molecular weight is 450 g/mol. The van der Waals surface area contributed by atoms with Crippen LogP contribution < -0.4 is 15.5 Å². The molecule has 1 fully saturated rings. The van der Waals surface area contributed by atoms with Crippen LogP contribution in [0, 0.1) is 0 Å². The molecule has 0 bridgehead atoms. The van der Waals surface area contributed by atoms with Gasteiger partial charge >= 0.3 is 0 Å². The molecule has 1 aliphatic heterocycles. The number of aliphatic hydroxyl groups is 1. The first-order chi connectivity index (χ1) is 15.5. The van der Waals surface area contributed by atoms with Crippen LogP contribution >= 0.6 is 0 Å². The number of aliphatic hydroxyl groups excluding tert-OH is 1. The predicted octanol–water partition coefficient (Wildman–Crippen LogP) is 2.49. The lowest BCUT2D eigenvalue weighted by Gasteiger charge is -2.32. The van der Waals surface area contributed by atoms with Gasteiger partial charge in [0.15, 0.2) is 0 Å². The highest BCUT2D eigenvalue weighted by Crippen LogP contribution is 2.27. The third-order valence-electron chi connectivity index (χ3n) is 5.72. The van der Waals surface area contributed by atoms with Crippen molar-refractivity contribution in [3.63, 3.8) is 0 Å². The minimum Gasteiger partial charge on any atom is -0.457 e.